The first-order valence-electron chi connectivity index (χ1n) is 11.4. The molecule has 1 aliphatic rings. The Hall–Kier alpha value is -3.69. The Balaban J connectivity index is 1.56. The van der Waals surface area contributed by atoms with Gasteiger partial charge >= 0.3 is 6.18 Å². The maximum atomic E-state index is 13.5. The number of likely N-dealkylation sites (N-methyl/N-ethyl adjacent to an activating group) is 1. The number of fused-ring (bicyclic) bond motifs is 1. The monoisotopic (exact) mass is 485 g/mol. The zero-order valence-electron chi connectivity index (χ0n) is 19.3. The highest BCUT2D eigenvalue weighted by molar-refractivity contribution is 5.98. The molecule has 0 aliphatic heterocycles. The van der Waals surface area contributed by atoms with Crippen molar-refractivity contribution < 1.29 is 22.8 Å². The van der Waals surface area contributed by atoms with Gasteiger partial charge in [0.1, 0.15) is 12.6 Å². The van der Waals surface area contributed by atoms with Crippen LogP contribution in [-0.4, -0.2) is 39.7 Å². The topological polar surface area (TPSA) is 80.1 Å². The summed E-state index contributed by atoms with van der Waals surface area (Å²) >= 11 is 0. The molecule has 0 bridgehead atoms. The fraction of sp³-hybridized carbons (Fsp3) is 0.360. The largest absolute Gasteiger partial charge is 0.435 e. The van der Waals surface area contributed by atoms with Crippen LogP contribution in [0.5, 0.6) is 0 Å². The lowest BCUT2D eigenvalue weighted by molar-refractivity contribution is -0.142. The van der Waals surface area contributed by atoms with Gasteiger partial charge in [0.15, 0.2) is 5.69 Å². The van der Waals surface area contributed by atoms with Crippen LogP contribution >= 0.6 is 0 Å². The van der Waals surface area contributed by atoms with Crippen LogP contribution in [-0.2, 0) is 41.6 Å². The fourth-order valence-corrected chi connectivity index (χ4v) is 4.35. The highest BCUT2D eigenvalue weighted by Crippen LogP contribution is 2.35. The van der Waals surface area contributed by atoms with E-state index in [4.69, 9.17) is 0 Å². The number of benzene rings is 1. The van der Waals surface area contributed by atoms with Gasteiger partial charge in [-0.3, -0.25) is 19.3 Å². The van der Waals surface area contributed by atoms with Crippen molar-refractivity contribution in [2.24, 2.45) is 0 Å². The zero-order valence-corrected chi connectivity index (χ0v) is 19.3. The second-order valence-electron chi connectivity index (χ2n) is 8.51. The van der Waals surface area contributed by atoms with Gasteiger partial charge in [0.2, 0.25) is 11.8 Å². The van der Waals surface area contributed by atoms with Crippen LogP contribution in [0.2, 0.25) is 0 Å². The van der Waals surface area contributed by atoms with Gasteiger partial charge in [-0.1, -0.05) is 24.3 Å². The molecule has 2 heterocycles. The summed E-state index contributed by atoms with van der Waals surface area (Å²) in [6, 6.07) is 13.3. The van der Waals surface area contributed by atoms with E-state index in [2.05, 4.69) is 15.4 Å². The van der Waals surface area contributed by atoms with E-state index in [0.29, 0.717) is 29.9 Å². The Morgan fingerprint density at radius 1 is 1.09 bits per heavy atom. The van der Waals surface area contributed by atoms with Crippen LogP contribution in [0.3, 0.4) is 0 Å². The number of aromatic nitrogens is 3. The molecule has 0 spiro atoms. The van der Waals surface area contributed by atoms with E-state index in [0.717, 1.165) is 11.1 Å². The molecule has 0 radical (unpaired) electrons. The first-order chi connectivity index (χ1) is 16.7. The molecule has 1 atom stereocenters. The first kappa shape index (κ1) is 24.4. The van der Waals surface area contributed by atoms with Gasteiger partial charge in [-0.2, -0.15) is 18.3 Å². The van der Waals surface area contributed by atoms with Crippen LogP contribution in [0.4, 0.5) is 18.9 Å². The number of nitrogens with zero attached hydrogens (tertiary/aromatic N) is 4. The maximum Gasteiger partial charge on any atom is 0.435 e. The van der Waals surface area contributed by atoms with Gasteiger partial charge in [-0.25, -0.2) is 0 Å². The Bertz CT molecular complexity index is 1180. The highest BCUT2D eigenvalue weighted by Gasteiger charge is 2.39. The average Bonchev–Trinajstić information content (AvgIpc) is 3.23. The molecule has 0 saturated carbocycles. The van der Waals surface area contributed by atoms with Crippen molar-refractivity contribution in [3.63, 3.8) is 0 Å². The Morgan fingerprint density at radius 3 is 2.49 bits per heavy atom. The maximum absolute atomic E-state index is 13.5. The van der Waals surface area contributed by atoms with Crippen LogP contribution in [0.25, 0.3) is 0 Å². The molecule has 7 nitrogen and oxygen atoms in total. The van der Waals surface area contributed by atoms with Crippen molar-refractivity contribution in [3.8, 4) is 0 Å². The van der Waals surface area contributed by atoms with E-state index >= 15 is 0 Å². The minimum Gasteiger partial charge on any atom is -0.342 e. The van der Waals surface area contributed by atoms with Crippen LogP contribution < -0.4 is 10.2 Å². The van der Waals surface area contributed by atoms with Crippen molar-refractivity contribution in [2.45, 2.75) is 50.9 Å². The molecular weight excluding hydrogens is 459 g/mol. The van der Waals surface area contributed by atoms with Gasteiger partial charge in [-0.15, -0.1) is 0 Å². The molecular formula is C25H26F3N5O2. The molecule has 1 aliphatic carbocycles. The highest BCUT2D eigenvalue weighted by atomic mass is 19.4. The average molecular weight is 486 g/mol. The van der Waals surface area contributed by atoms with Crippen molar-refractivity contribution in [3.05, 3.63) is 77.4 Å². The van der Waals surface area contributed by atoms with Crippen molar-refractivity contribution in [1.82, 2.24) is 20.1 Å². The van der Waals surface area contributed by atoms with Crippen LogP contribution in [0, 0.1) is 0 Å². The standard InChI is InChI=1S/C25H26F3N5O2/c1-32(18-10-3-2-4-11-18)24(35)20(15-17-9-7-8-14-29-17)30-22(34)16-33-21-13-6-5-12-19(21)23(31-33)25(26,27)28/h2-4,7-11,14,20H,5-6,12-13,15-16H2,1H3,(H,30,34). The summed E-state index contributed by atoms with van der Waals surface area (Å²) in [5.74, 6) is -0.959. The third-order valence-corrected chi connectivity index (χ3v) is 6.07. The van der Waals surface area contributed by atoms with E-state index in [1.54, 1.807) is 55.7 Å². The quantitative estimate of drug-likeness (QED) is 0.555. The van der Waals surface area contributed by atoms with Crippen LogP contribution in [0.1, 0.15) is 35.5 Å². The third kappa shape index (κ3) is 5.70. The smallest absolute Gasteiger partial charge is 0.342 e. The van der Waals surface area contributed by atoms with E-state index in [-0.39, 0.29) is 24.3 Å². The van der Waals surface area contributed by atoms with Gasteiger partial charge < -0.3 is 10.2 Å². The summed E-state index contributed by atoms with van der Waals surface area (Å²) in [7, 11) is 1.61. The second kappa shape index (κ2) is 10.3. The Morgan fingerprint density at radius 2 is 1.80 bits per heavy atom. The number of halogens is 3. The van der Waals surface area contributed by atoms with Crippen molar-refractivity contribution in [2.75, 3.05) is 11.9 Å². The SMILES string of the molecule is CN(C(=O)C(Cc1ccccn1)NC(=O)Cn1nc(C(F)(F)F)c2c1CCCC2)c1ccccc1. The summed E-state index contributed by atoms with van der Waals surface area (Å²) in [6.45, 7) is -0.403. The van der Waals surface area contributed by atoms with Crippen molar-refractivity contribution >= 4 is 17.5 Å². The summed E-state index contributed by atoms with van der Waals surface area (Å²) in [5.41, 5.74) is 0.927. The minimum atomic E-state index is -4.58. The van der Waals surface area contributed by atoms with E-state index in [1.165, 1.54) is 4.90 Å². The molecule has 184 valence electrons. The number of para-hydroxylation sites is 1. The van der Waals surface area contributed by atoms with E-state index in [9.17, 15) is 22.8 Å². The molecule has 3 aromatic rings. The molecule has 2 aromatic heterocycles. The molecule has 2 amide bonds. The number of carbonyl (C=O) groups excluding carboxylic acids is 2. The number of rotatable bonds is 7. The Labute approximate surface area is 201 Å². The molecule has 35 heavy (non-hydrogen) atoms. The first-order valence-corrected chi connectivity index (χ1v) is 11.4. The van der Waals surface area contributed by atoms with E-state index in [1.807, 2.05) is 6.07 Å². The second-order valence-corrected chi connectivity index (χ2v) is 8.51. The van der Waals surface area contributed by atoms with Gasteiger partial charge in [-0.05, 0) is 49.9 Å². The number of nitrogens with one attached hydrogen (secondary N) is 1. The number of alkyl halides is 3. The van der Waals surface area contributed by atoms with Gasteiger partial charge in [0.05, 0.1) is 0 Å². The lowest BCUT2D eigenvalue weighted by atomic mass is 9.95. The predicted molar refractivity (Wildman–Crippen MR) is 124 cm³/mol. The lowest BCUT2D eigenvalue weighted by Crippen LogP contribution is -2.49. The summed E-state index contributed by atoms with van der Waals surface area (Å²) in [5, 5.41) is 6.45. The summed E-state index contributed by atoms with van der Waals surface area (Å²) in [6.07, 6.45) is -0.755. The van der Waals surface area contributed by atoms with E-state index < -0.39 is 30.4 Å². The molecule has 1 aromatic carbocycles. The molecule has 10 heteroatoms. The minimum absolute atomic E-state index is 0.133. The van der Waals surface area contributed by atoms with Gasteiger partial charge in [0, 0.05) is 42.3 Å². The summed E-state index contributed by atoms with van der Waals surface area (Å²) in [4.78, 5) is 32.0. The number of amides is 2. The lowest BCUT2D eigenvalue weighted by Gasteiger charge is -2.25. The number of anilines is 1. The zero-order chi connectivity index (χ0) is 25.0. The third-order valence-electron chi connectivity index (χ3n) is 6.07. The Kier molecular flexibility index (Phi) is 7.18. The number of carbonyl (C=O) groups is 2. The van der Waals surface area contributed by atoms with Crippen molar-refractivity contribution in [1.29, 1.82) is 0 Å². The van der Waals surface area contributed by atoms with Gasteiger partial charge in [0.25, 0.3) is 0 Å². The number of hydrogen-bond acceptors (Lipinski definition) is 4. The molecule has 1 unspecified atom stereocenters. The number of pyridine rings is 1. The normalized spacial score (nSPS) is 14.2. The molecule has 1 N–H and O–H groups in total. The molecule has 4 rings (SSSR count). The molecule has 0 saturated heterocycles. The summed E-state index contributed by atoms with van der Waals surface area (Å²) < 4.78 is 41.6. The predicted octanol–water partition coefficient (Wildman–Crippen LogP) is 3.57. The van der Waals surface area contributed by atoms with Crippen LogP contribution in [0.15, 0.2) is 54.7 Å². The number of hydrogen-bond donors (Lipinski definition) is 1. The molecule has 0 fully saturated rings. The fourth-order valence-electron chi connectivity index (χ4n) is 4.35.